The van der Waals surface area contributed by atoms with Crippen LogP contribution in [0.3, 0.4) is 0 Å². The van der Waals surface area contributed by atoms with Crippen molar-refractivity contribution in [2.75, 3.05) is 0 Å². The summed E-state index contributed by atoms with van der Waals surface area (Å²) in [6.45, 7) is 1.84. The van der Waals surface area contributed by atoms with Crippen LogP contribution in [0.1, 0.15) is 27.0 Å². The van der Waals surface area contributed by atoms with E-state index in [4.69, 9.17) is 0 Å². The van der Waals surface area contributed by atoms with Gasteiger partial charge in [0.15, 0.2) is 5.78 Å². The number of aromatic nitrogens is 3. The number of aryl methyl sites for hydroxylation is 1. The molecule has 4 nitrogen and oxygen atoms in total. The van der Waals surface area contributed by atoms with Gasteiger partial charge in [0.1, 0.15) is 11.1 Å². The van der Waals surface area contributed by atoms with E-state index in [0.717, 1.165) is 11.4 Å². The van der Waals surface area contributed by atoms with E-state index in [1.54, 1.807) is 0 Å². The van der Waals surface area contributed by atoms with Gasteiger partial charge in [-0.1, -0.05) is 72.4 Å². The number of thioether (sulfide) groups is 1. The van der Waals surface area contributed by atoms with Gasteiger partial charge in [-0.15, -0.1) is 5.10 Å². The first-order valence-corrected chi connectivity index (χ1v) is 7.82. The van der Waals surface area contributed by atoms with E-state index in [1.165, 1.54) is 11.8 Å². The number of rotatable bonds is 5. The lowest BCUT2D eigenvalue weighted by Crippen LogP contribution is -2.10. The number of hydrogen-bond donors (Lipinski definition) is 1. The number of benzene rings is 2. The average Bonchev–Trinajstić information content (AvgIpc) is 2.99. The van der Waals surface area contributed by atoms with Crippen molar-refractivity contribution in [2.24, 2.45) is 0 Å². The van der Waals surface area contributed by atoms with Crippen LogP contribution in [-0.2, 0) is 0 Å². The van der Waals surface area contributed by atoms with Gasteiger partial charge in [-0.05, 0) is 12.5 Å². The van der Waals surface area contributed by atoms with Gasteiger partial charge in [0.2, 0.25) is 5.16 Å². The number of nitrogens with one attached hydrogen (secondary N) is 1. The number of hydrogen-bond acceptors (Lipinski definition) is 4. The van der Waals surface area contributed by atoms with Gasteiger partial charge in [-0.3, -0.25) is 9.89 Å². The normalized spacial score (nSPS) is 12.0. The number of aromatic amines is 1. The Morgan fingerprint density at radius 2 is 1.68 bits per heavy atom. The molecule has 0 radical (unpaired) electrons. The van der Waals surface area contributed by atoms with Crippen molar-refractivity contribution in [1.82, 2.24) is 15.2 Å². The molecule has 5 heteroatoms. The van der Waals surface area contributed by atoms with E-state index < -0.39 is 0 Å². The second-order valence-electron chi connectivity index (χ2n) is 4.84. The molecule has 22 heavy (non-hydrogen) atoms. The maximum Gasteiger partial charge on any atom is 0.209 e. The van der Waals surface area contributed by atoms with E-state index in [2.05, 4.69) is 15.2 Å². The molecule has 0 aliphatic rings. The summed E-state index contributed by atoms with van der Waals surface area (Å²) in [4.78, 5) is 17.2. The molecule has 0 aliphatic heterocycles. The van der Waals surface area contributed by atoms with Crippen molar-refractivity contribution in [1.29, 1.82) is 0 Å². The lowest BCUT2D eigenvalue weighted by atomic mass is 10.0. The lowest BCUT2D eigenvalue weighted by Gasteiger charge is -2.14. The van der Waals surface area contributed by atoms with E-state index >= 15 is 0 Å². The summed E-state index contributed by atoms with van der Waals surface area (Å²) >= 11 is 1.36. The molecule has 110 valence electrons. The number of ketones is 1. The molecule has 0 saturated carbocycles. The van der Waals surface area contributed by atoms with Crippen LogP contribution in [0.4, 0.5) is 0 Å². The zero-order valence-corrected chi connectivity index (χ0v) is 12.9. The topological polar surface area (TPSA) is 58.6 Å². The van der Waals surface area contributed by atoms with Crippen molar-refractivity contribution < 1.29 is 4.79 Å². The third kappa shape index (κ3) is 3.26. The Labute approximate surface area is 133 Å². The summed E-state index contributed by atoms with van der Waals surface area (Å²) in [7, 11) is 0. The molecule has 2 aromatic carbocycles. The van der Waals surface area contributed by atoms with Crippen LogP contribution in [0.25, 0.3) is 0 Å². The predicted octanol–water partition coefficient (Wildman–Crippen LogP) is 3.83. The summed E-state index contributed by atoms with van der Waals surface area (Å²) in [5.74, 6) is 0.792. The van der Waals surface area contributed by atoms with E-state index in [0.29, 0.717) is 10.7 Å². The summed E-state index contributed by atoms with van der Waals surface area (Å²) in [6, 6.07) is 19.0. The van der Waals surface area contributed by atoms with Gasteiger partial charge < -0.3 is 0 Å². The molecule has 0 bridgehead atoms. The Bertz CT molecular complexity index is 756. The average molecular weight is 309 g/mol. The highest BCUT2D eigenvalue weighted by atomic mass is 32.2. The molecule has 1 aromatic heterocycles. The number of H-pyrrole nitrogens is 1. The van der Waals surface area contributed by atoms with Crippen molar-refractivity contribution >= 4 is 17.5 Å². The van der Waals surface area contributed by atoms with Crippen LogP contribution in [-0.4, -0.2) is 21.0 Å². The zero-order valence-electron chi connectivity index (χ0n) is 12.1. The highest BCUT2D eigenvalue weighted by Gasteiger charge is 2.24. The molecular weight excluding hydrogens is 294 g/mol. The summed E-state index contributed by atoms with van der Waals surface area (Å²) < 4.78 is 0. The first-order valence-electron chi connectivity index (χ1n) is 6.94. The molecule has 0 aliphatic carbocycles. The fourth-order valence-electron chi connectivity index (χ4n) is 2.13. The molecule has 1 atom stereocenters. The Morgan fingerprint density at radius 3 is 2.27 bits per heavy atom. The number of carbonyl (C=O) groups excluding carboxylic acids is 1. The van der Waals surface area contributed by atoms with Crippen LogP contribution in [0, 0.1) is 6.92 Å². The molecule has 0 amide bonds. The standard InChI is InChI=1S/C17H15N3OS/c1-12-18-17(20-19-12)22-16(14-10-6-3-7-11-14)15(21)13-8-4-2-5-9-13/h2-11,16H,1H3,(H,18,19,20)/t16-/m0/s1. The van der Waals surface area contributed by atoms with Crippen molar-refractivity contribution in [3.8, 4) is 0 Å². The smallest absolute Gasteiger partial charge is 0.209 e. The number of nitrogens with zero attached hydrogens (tertiary/aromatic N) is 2. The minimum atomic E-state index is -0.362. The minimum absolute atomic E-state index is 0.0549. The Balaban J connectivity index is 1.94. The van der Waals surface area contributed by atoms with Gasteiger partial charge in [-0.25, -0.2) is 4.98 Å². The maximum atomic E-state index is 12.9. The van der Waals surface area contributed by atoms with Crippen LogP contribution < -0.4 is 0 Å². The largest absolute Gasteiger partial charge is 0.293 e. The maximum absolute atomic E-state index is 12.9. The molecule has 0 spiro atoms. The van der Waals surface area contributed by atoms with Gasteiger partial charge in [0.05, 0.1) is 0 Å². The van der Waals surface area contributed by atoms with Crippen molar-refractivity contribution in [3.63, 3.8) is 0 Å². The van der Waals surface area contributed by atoms with Crippen LogP contribution in [0.15, 0.2) is 65.8 Å². The Kier molecular flexibility index (Phi) is 4.34. The SMILES string of the molecule is Cc1nc(S[C@H](C(=O)c2ccccc2)c2ccccc2)n[nH]1. The van der Waals surface area contributed by atoms with Gasteiger partial charge in [-0.2, -0.15) is 0 Å². The molecule has 0 fully saturated rings. The van der Waals surface area contributed by atoms with Gasteiger partial charge in [0.25, 0.3) is 0 Å². The van der Waals surface area contributed by atoms with Crippen molar-refractivity contribution in [2.45, 2.75) is 17.3 Å². The second-order valence-corrected chi connectivity index (χ2v) is 5.91. The molecular formula is C17H15N3OS. The predicted molar refractivity (Wildman–Crippen MR) is 86.9 cm³/mol. The Hall–Kier alpha value is -2.40. The summed E-state index contributed by atoms with van der Waals surface area (Å²) in [5, 5.41) is 7.16. The monoisotopic (exact) mass is 309 g/mol. The second kappa shape index (κ2) is 6.58. The first-order chi connectivity index (χ1) is 10.7. The molecule has 0 unspecified atom stereocenters. The Morgan fingerprint density at radius 1 is 1.05 bits per heavy atom. The van der Waals surface area contributed by atoms with Crippen LogP contribution in [0.5, 0.6) is 0 Å². The molecule has 0 saturated heterocycles. The van der Waals surface area contributed by atoms with Crippen molar-refractivity contribution in [3.05, 3.63) is 77.6 Å². The van der Waals surface area contributed by atoms with Crippen LogP contribution >= 0.6 is 11.8 Å². The minimum Gasteiger partial charge on any atom is -0.293 e. The van der Waals surface area contributed by atoms with Crippen LogP contribution in [0.2, 0.25) is 0 Å². The third-order valence-electron chi connectivity index (χ3n) is 3.20. The fraction of sp³-hybridized carbons (Fsp3) is 0.118. The summed E-state index contributed by atoms with van der Waals surface area (Å²) in [5.41, 5.74) is 1.64. The van der Waals surface area contributed by atoms with E-state index in [-0.39, 0.29) is 11.0 Å². The first kappa shape index (κ1) is 14.5. The van der Waals surface area contributed by atoms with E-state index in [9.17, 15) is 4.79 Å². The highest BCUT2D eigenvalue weighted by Crippen LogP contribution is 2.35. The molecule has 3 aromatic rings. The van der Waals surface area contributed by atoms with Gasteiger partial charge in [0, 0.05) is 5.56 Å². The summed E-state index contributed by atoms with van der Waals surface area (Å²) in [6.07, 6.45) is 0. The number of Topliss-reactive ketones (excluding diaryl/α,β-unsaturated/α-hetero) is 1. The molecule has 1 heterocycles. The fourth-order valence-corrected chi connectivity index (χ4v) is 3.17. The lowest BCUT2D eigenvalue weighted by molar-refractivity contribution is 0.0989. The molecule has 3 rings (SSSR count). The van der Waals surface area contributed by atoms with Gasteiger partial charge >= 0.3 is 0 Å². The highest BCUT2D eigenvalue weighted by molar-refractivity contribution is 8.00. The third-order valence-corrected chi connectivity index (χ3v) is 4.31. The number of carbonyl (C=O) groups is 1. The quantitative estimate of drug-likeness (QED) is 0.575. The zero-order chi connectivity index (χ0) is 15.4. The van der Waals surface area contributed by atoms with E-state index in [1.807, 2.05) is 67.6 Å². The molecule has 1 N–H and O–H groups in total.